The summed E-state index contributed by atoms with van der Waals surface area (Å²) in [7, 11) is 2.14. The predicted molar refractivity (Wildman–Crippen MR) is 102 cm³/mol. The lowest BCUT2D eigenvalue weighted by Gasteiger charge is -2.49. The summed E-state index contributed by atoms with van der Waals surface area (Å²) in [4.78, 5) is 27.6. The van der Waals surface area contributed by atoms with Gasteiger partial charge in [0.25, 0.3) is 0 Å². The monoisotopic (exact) mass is 359 g/mol. The normalized spacial score (nSPS) is 26.7. The van der Waals surface area contributed by atoms with E-state index in [1.807, 2.05) is 0 Å². The van der Waals surface area contributed by atoms with Gasteiger partial charge in [0.05, 0.1) is 0 Å². The lowest BCUT2D eigenvalue weighted by atomic mass is 9.72. The number of carbonyl (C=O) groups is 1. The van der Waals surface area contributed by atoms with Gasteiger partial charge in [0.1, 0.15) is 11.6 Å². The Balaban J connectivity index is 1.43. The zero-order valence-corrected chi connectivity index (χ0v) is 15.5. The molecule has 1 unspecified atom stereocenters. The zero-order chi connectivity index (χ0) is 18.3. The second-order valence-corrected chi connectivity index (χ2v) is 8.22. The van der Waals surface area contributed by atoms with Crippen molar-refractivity contribution >= 4 is 23.5 Å². The lowest BCUT2D eigenvalue weighted by Crippen LogP contribution is -2.55. The van der Waals surface area contributed by atoms with Gasteiger partial charge >= 0.3 is 0 Å². The SMILES string of the molecule is CN1CCC(N2CC3(CCC2=O)CCN(c2cc(N)nc(N)n2)CC3)C1. The van der Waals surface area contributed by atoms with Gasteiger partial charge < -0.3 is 26.2 Å². The number of anilines is 3. The molecular formula is C18H29N7O. The fourth-order valence-corrected chi connectivity index (χ4v) is 4.79. The van der Waals surface area contributed by atoms with Crippen LogP contribution in [0.15, 0.2) is 6.07 Å². The molecule has 0 bridgehead atoms. The Kier molecular flexibility index (Phi) is 4.38. The number of hydrogen-bond donors (Lipinski definition) is 2. The molecule has 1 aromatic rings. The van der Waals surface area contributed by atoms with Crippen molar-refractivity contribution in [2.75, 3.05) is 56.1 Å². The number of nitrogen functional groups attached to an aromatic ring is 2. The number of likely N-dealkylation sites (tertiary alicyclic amines) is 2. The minimum Gasteiger partial charge on any atom is -0.383 e. The van der Waals surface area contributed by atoms with Gasteiger partial charge in [-0.15, -0.1) is 0 Å². The Hall–Kier alpha value is -2.09. The third kappa shape index (κ3) is 3.30. The second kappa shape index (κ2) is 6.57. The number of nitrogens with two attached hydrogens (primary N) is 2. The summed E-state index contributed by atoms with van der Waals surface area (Å²) in [6, 6.07) is 2.18. The molecule has 1 aromatic heterocycles. The molecule has 3 saturated heterocycles. The quantitative estimate of drug-likeness (QED) is 0.795. The van der Waals surface area contributed by atoms with Crippen LogP contribution in [-0.4, -0.2) is 71.5 Å². The summed E-state index contributed by atoms with van der Waals surface area (Å²) in [5.41, 5.74) is 11.8. The Bertz CT molecular complexity index is 666. The fourth-order valence-electron chi connectivity index (χ4n) is 4.79. The van der Waals surface area contributed by atoms with Crippen molar-refractivity contribution in [3.63, 3.8) is 0 Å². The number of aromatic nitrogens is 2. The smallest absolute Gasteiger partial charge is 0.223 e. The molecule has 4 rings (SSSR count). The molecule has 3 fully saturated rings. The lowest BCUT2D eigenvalue weighted by molar-refractivity contribution is -0.141. The zero-order valence-electron chi connectivity index (χ0n) is 15.5. The summed E-state index contributed by atoms with van der Waals surface area (Å²) in [5.74, 6) is 1.79. The van der Waals surface area contributed by atoms with Crippen LogP contribution in [-0.2, 0) is 4.79 Å². The maximum absolute atomic E-state index is 12.5. The van der Waals surface area contributed by atoms with Crippen LogP contribution in [0, 0.1) is 5.41 Å². The van der Waals surface area contributed by atoms with Gasteiger partial charge in [-0.3, -0.25) is 4.79 Å². The first-order chi connectivity index (χ1) is 12.4. The molecule has 8 nitrogen and oxygen atoms in total. The number of nitrogens with zero attached hydrogens (tertiary/aromatic N) is 5. The molecule has 0 aliphatic carbocycles. The molecule has 26 heavy (non-hydrogen) atoms. The van der Waals surface area contributed by atoms with Crippen LogP contribution < -0.4 is 16.4 Å². The minimum atomic E-state index is 0.222. The number of piperidine rings is 2. The van der Waals surface area contributed by atoms with Gasteiger partial charge in [-0.2, -0.15) is 9.97 Å². The van der Waals surface area contributed by atoms with Gasteiger partial charge in [-0.25, -0.2) is 0 Å². The standard InChI is InChI=1S/C18H29N7O/c1-23-7-3-13(11-23)25-12-18(4-2-16(25)26)5-8-24(9-6-18)15-10-14(19)21-17(20)22-15/h10,13H,2-9,11-12H2,1H3,(H4,19,20,21,22). The molecule has 8 heteroatoms. The van der Waals surface area contributed by atoms with Gasteiger partial charge in [0, 0.05) is 44.7 Å². The summed E-state index contributed by atoms with van der Waals surface area (Å²) in [6.07, 6.45) is 4.94. The van der Waals surface area contributed by atoms with Gasteiger partial charge in [-0.1, -0.05) is 0 Å². The number of hydrogen-bond acceptors (Lipinski definition) is 7. The summed E-state index contributed by atoms with van der Waals surface area (Å²) >= 11 is 0. The van der Waals surface area contributed by atoms with E-state index in [0.29, 0.717) is 24.2 Å². The molecule has 4 N–H and O–H groups in total. The Morgan fingerprint density at radius 1 is 1.15 bits per heavy atom. The Morgan fingerprint density at radius 3 is 2.58 bits per heavy atom. The van der Waals surface area contributed by atoms with E-state index in [4.69, 9.17) is 11.5 Å². The van der Waals surface area contributed by atoms with E-state index < -0.39 is 0 Å². The second-order valence-electron chi connectivity index (χ2n) is 8.22. The first-order valence-electron chi connectivity index (χ1n) is 9.57. The van der Waals surface area contributed by atoms with Crippen molar-refractivity contribution in [2.45, 2.75) is 38.1 Å². The minimum absolute atomic E-state index is 0.222. The third-order valence-corrected chi connectivity index (χ3v) is 6.40. The van der Waals surface area contributed by atoms with Crippen LogP contribution in [0.1, 0.15) is 32.1 Å². The fraction of sp³-hybridized carbons (Fsp3) is 0.722. The Labute approximate surface area is 154 Å². The van der Waals surface area contributed by atoms with Crippen molar-refractivity contribution in [3.05, 3.63) is 6.07 Å². The first kappa shape index (κ1) is 17.3. The van der Waals surface area contributed by atoms with Gasteiger partial charge in [0.15, 0.2) is 0 Å². The van der Waals surface area contributed by atoms with E-state index in [2.05, 4.69) is 31.7 Å². The van der Waals surface area contributed by atoms with E-state index >= 15 is 0 Å². The van der Waals surface area contributed by atoms with Crippen molar-refractivity contribution in [2.24, 2.45) is 5.41 Å². The molecule has 0 aromatic carbocycles. The van der Waals surface area contributed by atoms with E-state index in [-0.39, 0.29) is 11.4 Å². The Morgan fingerprint density at radius 2 is 1.92 bits per heavy atom. The average Bonchev–Trinajstić information content (AvgIpc) is 3.03. The van der Waals surface area contributed by atoms with Crippen LogP contribution in [0.3, 0.4) is 0 Å². The van der Waals surface area contributed by atoms with Gasteiger partial charge in [-0.05, 0) is 44.7 Å². The first-order valence-corrected chi connectivity index (χ1v) is 9.57. The number of rotatable bonds is 2. The van der Waals surface area contributed by atoms with Crippen LogP contribution in [0.25, 0.3) is 0 Å². The van der Waals surface area contributed by atoms with Crippen molar-refractivity contribution in [1.29, 1.82) is 0 Å². The average molecular weight is 359 g/mol. The molecule has 4 heterocycles. The third-order valence-electron chi connectivity index (χ3n) is 6.40. The van der Waals surface area contributed by atoms with Crippen LogP contribution in [0.2, 0.25) is 0 Å². The highest BCUT2D eigenvalue weighted by Gasteiger charge is 2.43. The highest BCUT2D eigenvalue weighted by molar-refractivity contribution is 5.77. The number of carbonyl (C=O) groups excluding carboxylic acids is 1. The highest BCUT2D eigenvalue weighted by atomic mass is 16.2. The molecular weight excluding hydrogens is 330 g/mol. The van der Waals surface area contributed by atoms with Crippen molar-refractivity contribution in [3.8, 4) is 0 Å². The van der Waals surface area contributed by atoms with Crippen LogP contribution in [0.5, 0.6) is 0 Å². The number of likely N-dealkylation sites (N-methyl/N-ethyl adjacent to an activating group) is 1. The van der Waals surface area contributed by atoms with Crippen molar-refractivity contribution in [1.82, 2.24) is 19.8 Å². The van der Waals surface area contributed by atoms with Crippen molar-refractivity contribution < 1.29 is 4.79 Å². The summed E-state index contributed by atoms with van der Waals surface area (Å²) in [6.45, 7) is 4.84. The molecule has 142 valence electrons. The topological polar surface area (TPSA) is 105 Å². The molecule has 3 aliphatic heterocycles. The predicted octanol–water partition coefficient (Wildman–Crippen LogP) is 0.554. The van der Waals surface area contributed by atoms with E-state index in [0.717, 1.165) is 64.2 Å². The van der Waals surface area contributed by atoms with E-state index in [1.165, 1.54) is 0 Å². The van der Waals surface area contributed by atoms with Crippen LogP contribution in [0.4, 0.5) is 17.6 Å². The molecule has 1 atom stereocenters. The highest BCUT2D eigenvalue weighted by Crippen LogP contribution is 2.42. The molecule has 0 radical (unpaired) electrons. The van der Waals surface area contributed by atoms with Crippen LogP contribution >= 0.6 is 0 Å². The largest absolute Gasteiger partial charge is 0.383 e. The summed E-state index contributed by atoms with van der Waals surface area (Å²) in [5, 5.41) is 0. The number of amides is 1. The molecule has 3 aliphatic rings. The molecule has 0 saturated carbocycles. The molecule has 1 spiro atoms. The van der Waals surface area contributed by atoms with E-state index in [1.54, 1.807) is 6.07 Å². The maximum atomic E-state index is 12.5. The molecule has 1 amide bonds. The maximum Gasteiger partial charge on any atom is 0.223 e. The van der Waals surface area contributed by atoms with E-state index in [9.17, 15) is 4.79 Å². The van der Waals surface area contributed by atoms with Gasteiger partial charge in [0.2, 0.25) is 11.9 Å². The summed E-state index contributed by atoms with van der Waals surface area (Å²) < 4.78 is 0.